The van der Waals surface area contributed by atoms with Crippen LogP contribution in [-0.2, 0) is 6.61 Å². The van der Waals surface area contributed by atoms with Gasteiger partial charge in [0, 0.05) is 21.2 Å². The topological polar surface area (TPSA) is 51.0 Å². The number of oxime groups is 1. The van der Waals surface area contributed by atoms with Crippen LogP contribution in [0.3, 0.4) is 0 Å². The summed E-state index contributed by atoms with van der Waals surface area (Å²) in [5, 5.41) is 12.9. The standard InChI is InChI=1S/C15H12Cl3NO3/c1-21-14-6-9(7-19-20)5-13(18)15(14)22-8-10-11(16)3-2-4-12(10)17/h2-7,20H,8H2,1H3. The Morgan fingerprint density at radius 2 is 1.82 bits per heavy atom. The van der Waals surface area contributed by atoms with E-state index in [0.717, 1.165) is 0 Å². The van der Waals surface area contributed by atoms with Crippen LogP contribution >= 0.6 is 34.8 Å². The lowest BCUT2D eigenvalue weighted by Gasteiger charge is -2.14. The van der Waals surface area contributed by atoms with Crippen molar-refractivity contribution in [3.63, 3.8) is 0 Å². The van der Waals surface area contributed by atoms with E-state index in [2.05, 4.69) is 5.16 Å². The third-order valence-corrected chi connectivity index (χ3v) is 3.87. The Hall–Kier alpha value is -1.62. The first-order chi connectivity index (χ1) is 10.6. The predicted octanol–water partition coefficient (Wildman–Crippen LogP) is 5.04. The van der Waals surface area contributed by atoms with Crippen LogP contribution in [0.4, 0.5) is 0 Å². The van der Waals surface area contributed by atoms with Crippen LogP contribution in [0.15, 0.2) is 35.5 Å². The highest BCUT2D eigenvalue weighted by atomic mass is 35.5. The van der Waals surface area contributed by atoms with Crippen LogP contribution in [0.1, 0.15) is 11.1 Å². The van der Waals surface area contributed by atoms with Gasteiger partial charge in [-0.2, -0.15) is 0 Å². The minimum absolute atomic E-state index is 0.141. The summed E-state index contributed by atoms with van der Waals surface area (Å²) in [6.07, 6.45) is 1.24. The molecule has 2 aromatic rings. The molecule has 0 aliphatic carbocycles. The molecule has 0 aliphatic rings. The molecule has 0 saturated heterocycles. The predicted molar refractivity (Wildman–Crippen MR) is 88.2 cm³/mol. The van der Waals surface area contributed by atoms with E-state index in [1.54, 1.807) is 30.3 Å². The zero-order valence-electron chi connectivity index (χ0n) is 11.5. The average molecular weight is 361 g/mol. The Morgan fingerprint density at radius 1 is 1.14 bits per heavy atom. The summed E-state index contributed by atoms with van der Waals surface area (Å²) < 4.78 is 11.0. The van der Waals surface area contributed by atoms with Gasteiger partial charge in [-0.15, -0.1) is 0 Å². The highest BCUT2D eigenvalue weighted by Gasteiger charge is 2.14. The second kappa shape index (κ2) is 7.58. The summed E-state index contributed by atoms with van der Waals surface area (Å²) in [6.45, 7) is 0.141. The quantitative estimate of drug-likeness (QED) is 0.461. The lowest BCUT2D eigenvalue weighted by molar-refractivity contribution is 0.285. The maximum Gasteiger partial charge on any atom is 0.180 e. The highest BCUT2D eigenvalue weighted by Crippen LogP contribution is 2.37. The largest absolute Gasteiger partial charge is 0.493 e. The maximum absolute atomic E-state index is 8.58. The smallest absolute Gasteiger partial charge is 0.180 e. The van der Waals surface area contributed by atoms with E-state index in [1.165, 1.54) is 13.3 Å². The van der Waals surface area contributed by atoms with Gasteiger partial charge < -0.3 is 14.7 Å². The average Bonchev–Trinajstić information content (AvgIpc) is 2.48. The summed E-state index contributed by atoms with van der Waals surface area (Å²) >= 11 is 18.4. The van der Waals surface area contributed by atoms with Gasteiger partial charge in [-0.05, 0) is 24.3 Å². The Morgan fingerprint density at radius 3 is 2.41 bits per heavy atom. The summed E-state index contributed by atoms with van der Waals surface area (Å²) in [6, 6.07) is 8.44. The minimum Gasteiger partial charge on any atom is -0.493 e. The fourth-order valence-electron chi connectivity index (χ4n) is 1.84. The van der Waals surface area contributed by atoms with E-state index in [0.29, 0.717) is 37.7 Å². The first-order valence-corrected chi connectivity index (χ1v) is 7.31. The number of halogens is 3. The molecule has 2 rings (SSSR count). The molecule has 0 spiro atoms. The third-order valence-electron chi connectivity index (χ3n) is 2.88. The number of benzene rings is 2. The van der Waals surface area contributed by atoms with Crippen molar-refractivity contribution in [2.24, 2.45) is 5.16 Å². The van der Waals surface area contributed by atoms with Gasteiger partial charge >= 0.3 is 0 Å². The van der Waals surface area contributed by atoms with E-state index < -0.39 is 0 Å². The van der Waals surface area contributed by atoms with Crippen molar-refractivity contribution >= 4 is 41.0 Å². The van der Waals surface area contributed by atoms with E-state index >= 15 is 0 Å². The fourth-order valence-corrected chi connectivity index (χ4v) is 2.62. The van der Waals surface area contributed by atoms with Crippen LogP contribution in [0.5, 0.6) is 11.5 Å². The maximum atomic E-state index is 8.58. The van der Waals surface area contributed by atoms with Crippen LogP contribution in [-0.4, -0.2) is 18.5 Å². The summed E-state index contributed by atoms with van der Waals surface area (Å²) in [5.74, 6) is 0.765. The number of ether oxygens (including phenoxy) is 2. The number of methoxy groups -OCH3 is 1. The Bertz CT molecular complexity index is 684. The van der Waals surface area contributed by atoms with E-state index in [4.69, 9.17) is 49.5 Å². The van der Waals surface area contributed by atoms with E-state index in [9.17, 15) is 0 Å². The molecule has 0 saturated carbocycles. The van der Waals surface area contributed by atoms with Crippen LogP contribution in [0.2, 0.25) is 15.1 Å². The number of nitrogens with zero attached hydrogens (tertiary/aromatic N) is 1. The second-order valence-corrected chi connectivity index (χ2v) is 5.49. The van der Waals surface area contributed by atoms with Gasteiger partial charge in [-0.3, -0.25) is 0 Å². The lowest BCUT2D eigenvalue weighted by Crippen LogP contribution is -2.00. The second-order valence-electron chi connectivity index (χ2n) is 4.27. The number of hydrogen-bond acceptors (Lipinski definition) is 4. The van der Waals surface area contributed by atoms with Crippen molar-refractivity contribution < 1.29 is 14.7 Å². The van der Waals surface area contributed by atoms with Crippen LogP contribution in [0, 0.1) is 0 Å². The van der Waals surface area contributed by atoms with Gasteiger partial charge in [0.05, 0.1) is 18.3 Å². The molecule has 0 heterocycles. The molecule has 0 atom stereocenters. The van der Waals surface area contributed by atoms with Crippen molar-refractivity contribution in [2.45, 2.75) is 6.61 Å². The molecule has 0 bridgehead atoms. The van der Waals surface area contributed by atoms with Crippen molar-refractivity contribution in [1.29, 1.82) is 0 Å². The first-order valence-electron chi connectivity index (χ1n) is 6.17. The van der Waals surface area contributed by atoms with E-state index in [-0.39, 0.29) is 6.61 Å². The van der Waals surface area contributed by atoms with Gasteiger partial charge in [-0.25, -0.2) is 0 Å². The molecule has 0 unspecified atom stereocenters. The normalized spacial score (nSPS) is 10.9. The molecule has 4 nitrogen and oxygen atoms in total. The SMILES string of the molecule is COc1cc(C=NO)cc(Cl)c1OCc1c(Cl)cccc1Cl. The molecule has 22 heavy (non-hydrogen) atoms. The molecule has 0 radical (unpaired) electrons. The van der Waals surface area contributed by atoms with Gasteiger partial charge in [-0.1, -0.05) is 46.0 Å². The van der Waals surface area contributed by atoms with Gasteiger partial charge in [0.25, 0.3) is 0 Å². The van der Waals surface area contributed by atoms with Gasteiger partial charge in [0.15, 0.2) is 11.5 Å². The molecule has 7 heteroatoms. The molecule has 1 N–H and O–H groups in total. The zero-order chi connectivity index (χ0) is 16.1. The molecule has 0 amide bonds. The van der Waals surface area contributed by atoms with E-state index in [1.807, 2.05) is 0 Å². The van der Waals surface area contributed by atoms with Gasteiger partial charge in [0.2, 0.25) is 0 Å². The molecule has 0 aliphatic heterocycles. The number of rotatable bonds is 5. The van der Waals surface area contributed by atoms with Gasteiger partial charge in [0.1, 0.15) is 6.61 Å². The third kappa shape index (κ3) is 3.77. The van der Waals surface area contributed by atoms with Crippen molar-refractivity contribution in [3.8, 4) is 11.5 Å². The van der Waals surface area contributed by atoms with Crippen molar-refractivity contribution in [1.82, 2.24) is 0 Å². The Labute approximate surface area is 142 Å². The Balaban J connectivity index is 2.30. The number of hydrogen-bond donors (Lipinski definition) is 1. The molecular weight excluding hydrogens is 349 g/mol. The summed E-state index contributed by atoms with van der Waals surface area (Å²) in [4.78, 5) is 0. The Kier molecular flexibility index (Phi) is 5.77. The molecular formula is C15H12Cl3NO3. The van der Waals surface area contributed by atoms with Crippen LogP contribution in [0.25, 0.3) is 0 Å². The highest BCUT2D eigenvalue weighted by molar-refractivity contribution is 6.36. The van der Waals surface area contributed by atoms with Crippen molar-refractivity contribution in [3.05, 3.63) is 56.5 Å². The monoisotopic (exact) mass is 359 g/mol. The molecule has 0 aromatic heterocycles. The lowest BCUT2D eigenvalue weighted by atomic mass is 10.2. The first kappa shape index (κ1) is 16.7. The molecule has 0 fully saturated rings. The molecule has 116 valence electrons. The van der Waals surface area contributed by atoms with Crippen LogP contribution < -0.4 is 9.47 Å². The minimum atomic E-state index is 0.141. The summed E-state index contributed by atoms with van der Waals surface area (Å²) in [5.41, 5.74) is 1.23. The van der Waals surface area contributed by atoms with Crippen molar-refractivity contribution in [2.75, 3.05) is 7.11 Å². The fraction of sp³-hybridized carbons (Fsp3) is 0.133. The zero-order valence-corrected chi connectivity index (χ0v) is 13.8. The molecule has 2 aromatic carbocycles. The summed E-state index contributed by atoms with van der Waals surface area (Å²) in [7, 11) is 1.49.